The topological polar surface area (TPSA) is 98.5 Å². The van der Waals surface area contributed by atoms with Gasteiger partial charge in [0.1, 0.15) is 0 Å². The first-order valence-corrected chi connectivity index (χ1v) is 8.01. The fourth-order valence-electron chi connectivity index (χ4n) is 1.55. The molecule has 20 heavy (non-hydrogen) atoms. The largest absolute Gasteiger partial charge is 0.399 e. The molecule has 6 nitrogen and oxygen atoms in total. The smallest absolute Gasteiger partial charge is 0.225 e. The molecule has 0 heterocycles. The minimum absolute atomic E-state index is 0.0753. The Kier molecular flexibility index (Phi) is 5.97. The molecule has 1 rings (SSSR count). The molecule has 0 fully saturated rings. The molecule has 0 aliphatic heterocycles. The molecule has 0 saturated carbocycles. The molecule has 3 N–H and O–H groups in total. The van der Waals surface area contributed by atoms with E-state index in [0.717, 1.165) is 5.56 Å². The van der Waals surface area contributed by atoms with Gasteiger partial charge in [-0.2, -0.15) is 0 Å². The normalized spacial score (nSPS) is 11.3. The standard InChI is InChI=1S/C13H20N2O4S/c1-10-3-4-11(14)9-12(10)15-13(16)5-7-20(17,18)8-6-19-2/h3-4,9H,5-8,14H2,1-2H3,(H,15,16). The summed E-state index contributed by atoms with van der Waals surface area (Å²) in [5, 5.41) is 2.67. The van der Waals surface area contributed by atoms with Gasteiger partial charge in [0.2, 0.25) is 5.91 Å². The van der Waals surface area contributed by atoms with Crippen LogP contribution in [0, 0.1) is 6.92 Å². The van der Waals surface area contributed by atoms with Crippen LogP contribution in [0.5, 0.6) is 0 Å². The van der Waals surface area contributed by atoms with Gasteiger partial charge in [-0.3, -0.25) is 4.79 Å². The van der Waals surface area contributed by atoms with Gasteiger partial charge in [0.15, 0.2) is 9.84 Å². The highest BCUT2D eigenvalue weighted by Crippen LogP contribution is 2.18. The van der Waals surface area contributed by atoms with Crippen molar-refractivity contribution in [3.8, 4) is 0 Å². The lowest BCUT2D eigenvalue weighted by Crippen LogP contribution is -2.21. The van der Waals surface area contributed by atoms with Crippen molar-refractivity contribution in [3.05, 3.63) is 23.8 Å². The highest BCUT2D eigenvalue weighted by Gasteiger charge is 2.14. The second-order valence-electron chi connectivity index (χ2n) is 4.52. The molecule has 0 aliphatic rings. The Morgan fingerprint density at radius 3 is 2.70 bits per heavy atom. The number of nitrogens with one attached hydrogen (secondary N) is 1. The Morgan fingerprint density at radius 2 is 2.05 bits per heavy atom. The predicted molar refractivity (Wildman–Crippen MR) is 79.4 cm³/mol. The number of carbonyl (C=O) groups is 1. The summed E-state index contributed by atoms with van der Waals surface area (Å²) in [7, 11) is -1.82. The fourth-order valence-corrected chi connectivity index (χ4v) is 2.67. The molecule has 0 saturated heterocycles. The van der Waals surface area contributed by atoms with Gasteiger partial charge >= 0.3 is 0 Å². The van der Waals surface area contributed by atoms with Crippen molar-refractivity contribution >= 4 is 27.1 Å². The van der Waals surface area contributed by atoms with Crippen molar-refractivity contribution in [2.24, 2.45) is 0 Å². The molecule has 7 heteroatoms. The van der Waals surface area contributed by atoms with Crippen molar-refractivity contribution in [2.45, 2.75) is 13.3 Å². The molecule has 1 aromatic rings. The second kappa shape index (κ2) is 7.25. The Bertz CT molecular complexity index is 570. The van der Waals surface area contributed by atoms with Crippen molar-refractivity contribution in [1.29, 1.82) is 0 Å². The average Bonchev–Trinajstić information content (AvgIpc) is 2.39. The number of rotatable bonds is 7. The fraction of sp³-hybridized carbons (Fsp3) is 0.462. The third kappa shape index (κ3) is 5.58. The molecular formula is C13H20N2O4S. The molecule has 0 aromatic heterocycles. The molecule has 1 aromatic carbocycles. The number of nitrogens with two attached hydrogens (primary N) is 1. The number of anilines is 2. The van der Waals surface area contributed by atoms with Crippen LogP contribution in [0.3, 0.4) is 0 Å². The van der Waals surface area contributed by atoms with E-state index in [9.17, 15) is 13.2 Å². The monoisotopic (exact) mass is 300 g/mol. The summed E-state index contributed by atoms with van der Waals surface area (Å²) in [5.74, 6) is -0.614. The molecular weight excluding hydrogens is 280 g/mol. The summed E-state index contributed by atoms with van der Waals surface area (Å²) >= 11 is 0. The van der Waals surface area contributed by atoms with Crippen LogP contribution in [0.2, 0.25) is 0 Å². The van der Waals surface area contributed by atoms with Gasteiger partial charge in [-0.05, 0) is 24.6 Å². The first-order valence-electron chi connectivity index (χ1n) is 6.19. The van der Waals surface area contributed by atoms with Crippen LogP contribution in [0.1, 0.15) is 12.0 Å². The van der Waals surface area contributed by atoms with E-state index in [4.69, 9.17) is 10.5 Å². The minimum Gasteiger partial charge on any atom is -0.399 e. The predicted octanol–water partition coefficient (Wildman–Crippen LogP) is 0.967. The zero-order valence-electron chi connectivity index (χ0n) is 11.7. The van der Waals surface area contributed by atoms with E-state index < -0.39 is 9.84 Å². The summed E-state index contributed by atoms with van der Waals surface area (Å²) in [6, 6.07) is 5.17. The third-order valence-corrected chi connectivity index (χ3v) is 4.39. The molecule has 0 unspecified atom stereocenters. The number of hydrogen-bond donors (Lipinski definition) is 2. The lowest BCUT2D eigenvalue weighted by molar-refractivity contribution is -0.115. The van der Waals surface area contributed by atoms with E-state index in [2.05, 4.69) is 5.32 Å². The van der Waals surface area contributed by atoms with Gasteiger partial charge in [-0.15, -0.1) is 0 Å². The van der Waals surface area contributed by atoms with Gasteiger partial charge in [-0.1, -0.05) is 6.07 Å². The first-order chi connectivity index (χ1) is 9.34. The van der Waals surface area contributed by atoms with Crippen molar-refractivity contribution < 1.29 is 17.9 Å². The van der Waals surface area contributed by atoms with E-state index in [-0.39, 0.29) is 30.4 Å². The van der Waals surface area contributed by atoms with Crippen molar-refractivity contribution in [3.63, 3.8) is 0 Å². The molecule has 0 aliphatic carbocycles. The van der Waals surface area contributed by atoms with Crippen LogP contribution in [0.4, 0.5) is 11.4 Å². The zero-order valence-corrected chi connectivity index (χ0v) is 12.5. The summed E-state index contributed by atoms with van der Waals surface area (Å²) in [5.41, 5.74) is 7.65. The SMILES string of the molecule is COCCS(=O)(=O)CCC(=O)Nc1cc(N)ccc1C. The summed E-state index contributed by atoms with van der Waals surface area (Å²) in [6.07, 6.45) is -0.0830. The first kappa shape index (κ1) is 16.5. The van der Waals surface area contributed by atoms with Crippen LogP contribution in [-0.4, -0.2) is 39.5 Å². The lowest BCUT2D eigenvalue weighted by Gasteiger charge is -2.09. The van der Waals surface area contributed by atoms with Crippen molar-refractivity contribution in [2.75, 3.05) is 36.3 Å². The molecule has 1 amide bonds. The Labute approximate surface area is 119 Å². The number of hydrogen-bond acceptors (Lipinski definition) is 5. The maximum absolute atomic E-state index is 11.7. The minimum atomic E-state index is -3.26. The van der Waals surface area contributed by atoms with Crippen LogP contribution < -0.4 is 11.1 Å². The number of aryl methyl sites for hydroxylation is 1. The highest BCUT2D eigenvalue weighted by atomic mass is 32.2. The van der Waals surface area contributed by atoms with Crippen LogP contribution in [0.15, 0.2) is 18.2 Å². The number of carbonyl (C=O) groups excluding carboxylic acids is 1. The molecule has 0 spiro atoms. The van der Waals surface area contributed by atoms with Gasteiger partial charge in [0.25, 0.3) is 0 Å². The van der Waals surface area contributed by atoms with Crippen LogP contribution in [0.25, 0.3) is 0 Å². The van der Waals surface area contributed by atoms with Crippen LogP contribution >= 0.6 is 0 Å². The van der Waals surface area contributed by atoms with Gasteiger partial charge < -0.3 is 15.8 Å². The third-order valence-electron chi connectivity index (χ3n) is 2.77. The van der Waals surface area contributed by atoms with Gasteiger partial charge in [-0.25, -0.2) is 8.42 Å². The number of ether oxygens (including phenoxy) is 1. The molecule has 0 bridgehead atoms. The number of benzene rings is 1. The number of nitrogen functional groups attached to an aromatic ring is 1. The summed E-state index contributed by atoms with van der Waals surface area (Å²) < 4.78 is 27.9. The van der Waals surface area contributed by atoms with Crippen LogP contribution in [-0.2, 0) is 19.4 Å². The van der Waals surface area contributed by atoms with E-state index >= 15 is 0 Å². The maximum Gasteiger partial charge on any atom is 0.225 e. The van der Waals surface area contributed by atoms with E-state index in [0.29, 0.717) is 11.4 Å². The van der Waals surface area contributed by atoms with Crippen molar-refractivity contribution in [1.82, 2.24) is 0 Å². The van der Waals surface area contributed by atoms with E-state index in [1.165, 1.54) is 7.11 Å². The summed E-state index contributed by atoms with van der Waals surface area (Å²) in [4.78, 5) is 11.7. The zero-order chi connectivity index (χ0) is 15.2. The van der Waals surface area contributed by atoms with E-state index in [1.807, 2.05) is 6.92 Å². The van der Waals surface area contributed by atoms with E-state index in [1.54, 1.807) is 18.2 Å². The average molecular weight is 300 g/mol. The molecule has 0 atom stereocenters. The number of methoxy groups -OCH3 is 1. The number of amides is 1. The van der Waals surface area contributed by atoms with Gasteiger partial charge in [0, 0.05) is 24.9 Å². The Balaban J connectivity index is 2.54. The second-order valence-corrected chi connectivity index (χ2v) is 6.82. The Morgan fingerprint density at radius 1 is 1.35 bits per heavy atom. The van der Waals surface area contributed by atoms with Gasteiger partial charge in [0.05, 0.1) is 18.1 Å². The lowest BCUT2D eigenvalue weighted by atomic mass is 10.2. The number of sulfone groups is 1. The molecule has 0 radical (unpaired) electrons. The quantitative estimate of drug-likeness (QED) is 0.731. The maximum atomic E-state index is 11.7. The highest BCUT2D eigenvalue weighted by molar-refractivity contribution is 7.91. The molecule has 112 valence electrons. The summed E-state index contributed by atoms with van der Waals surface area (Å²) in [6.45, 7) is 1.97. The Hall–Kier alpha value is -1.60.